The number of nitrogens with zero attached hydrogens (tertiary/aromatic N) is 7. The van der Waals surface area contributed by atoms with E-state index in [-0.39, 0.29) is 18.6 Å². The predicted octanol–water partition coefficient (Wildman–Crippen LogP) is 0.920. The first-order valence-corrected chi connectivity index (χ1v) is 8.34. The molecule has 0 saturated heterocycles. The molecule has 136 valence electrons. The first kappa shape index (κ1) is 17.5. The third-order valence-corrected chi connectivity index (χ3v) is 3.82. The minimum absolute atomic E-state index is 0.0824. The highest BCUT2D eigenvalue weighted by Crippen LogP contribution is 2.15. The molecule has 0 unspecified atom stereocenters. The summed E-state index contributed by atoms with van der Waals surface area (Å²) in [4.78, 5) is 16.5. The van der Waals surface area contributed by atoms with Crippen LogP contribution in [0, 0.1) is 0 Å². The monoisotopic (exact) mass is 356 g/mol. The number of hydrogen-bond acceptors (Lipinski definition) is 7. The van der Waals surface area contributed by atoms with Crippen molar-refractivity contribution in [2.24, 2.45) is 0 Å². The van der Waals surface area contributed by atoms with Crippen molar-refractivity contribution in [1.82, 2.24) is 40.3 Å². The van der Waals surface area contributed by atoms with Gasteiger partial charge in [-0.3, -0.25) is 4.79 Å². The van der Waals surface area contributed by atoms with Crippen molar-refractivity contribution < 1.29 is 9.53 Å². The van der Waals surface area contributed by atoms with Gasteiger partial charge in [-0.2, -0.15) is 5.10 Å². The van der Waals surface area contributed by atoms with Gasteiger partial charge in [-0.25, -0.2) is 14.3 Å². The second-order valence-electron chi connectivity index (χ2n) is 5.50. The van der Waals surface area contributed by atoms with E-state index in [0.29, 0.717) is 18.7 Å². The Morgan fingerprint density at radius 1 is 1.27 bits per heavy atom. The van der Waals surface area contributed by atoms with Gasteiger partial charge >= 0.3 is 0 Å². The molecule has 0 radical (unpaired) electrons. The Kier molecular flexibility index (Phi) is 5.52. The topological polar surface area (TPSA) is 113 Å². The van der Waals surface area contributed by atoms with Gasteiger partial charge in [0, 0.05) is 6.54 Å². The molecule has 3 rings (SSSR count). The van der Waals surface area contributed by atoms with Gasteiger partial charge in [0.25, 0.3) is 5.91 Å². The van der Waals surface area contributed by atoms with Crippen LogP contribution in [0.15, 0.2) is 36.9 Å². The van der Waals surface area contributed by atoms with Crippen LogP contribution in [0.5, 0.6) is 5.75 Å². The number of carbonyl (C=O) groups is 1. The lowest BCUT2D eigenvalue weighted by Crippen LogP contribution is -2.34. The second-order valence-corrected chi connectivity index (χ2v) is 5.50. The average Bonchev–Trinajstić information content (AvgIpc) is 3.36. The first-order valence-electron chi connectivity index (χ1n) is 8.34. The van der Waals surface area contributed by atoms with Crippen molar-refractivity contribution >= 4 is 5.91 Å². The van der Waals surface area contributed by atoms with Crippen molar-refractivity contribution in [2.75, 3.05) is 6.61 Å². The van der Waals surface area contributed by atoms with Crippen molar-refractivity contribution in [2.45, 2.75) is 32.9 Å². The van der Waals surface area contributed by atoms with Crippen LogP contribution < -0.4 is 10.1 Å². The maximum absolute atomic E-state index is 12.2. The average molecular weight is 356 g/mol. The summed E-state index contributed by atoms with van der Waals surface area (Å²) in [6, 6.07) is 6.94. The normalized spacial score (nSPS) is 11.9. The third-order valence-electron chi connectivity index (χ3n) is 3.82. The largest absolute Gasteiger partial charge is 0.484 e. The molecule has 0 fully saturated rings. The number of hydrogen-bond donors (Lipinski definition) is 1. The molecule has 0 saturated carbocycles. The molecule has 0 bridgehead atoms. The summed E-state index contributed by atoms with van der Waals surface area (Å²) in [6.07, 6.45) is 3.71. The van der Waals surface area contributed by atoms with E-state index >= 15 is 0 Å². The molecule has 2 heterocycles. The van der Waals surface area contributed by atoms with Gasteiger partial charge in [0.1, 0.15) is 24.2 Å². The molecule has 10 heteroatoms. The fraction of sp³-hybridized carbons (Fsp3) is 0.375. The summed E-state index contributed by atoms with van der Waals surface area (Å²) < 4.78 is 8.85. The van der Waals surface area contributed by atoms with Gasteiger partial charge in [0.2, 0.25) is 0 Å². The van der Waals surface area contributed by atoms with Crippen LogP contribution in [0.25, 0.3) is 5.69 Å². The van der Waals surface area contributed by atoms with Crippen LogP contribution in [0.4, 0.5) is 0 Å². The number of amides is 1. The van der Waals surface area contributed by atoms with Crippen LogP contribution in [-0.2, 0) is 11.3 Å². The number of aromatic nitrogens is 7. The highest BCUT2D eigenvalue weighted by atomic mass is 16.5. The number of tetrazole rings is 1. The molecular weight excluding hydrogens is 336 g/mol. The molecule has 1 aromatic carbocycles. The highest BCUT2D eigenvalue weighted by Gasteiger charge is 2.18. The summed E-state index contributed by atoms with van der Waals surface area (Å²) in [6.45, 7) is 4.58. The van der Waals surface area contributed by atoms with Gasteiger partial charge in [-0.05, 0) is 48.0 Å². The highest BCUT2D eigenvalue weighted by molar-refractivity contribution is 5.77. The fourth-order valence-electron chi connectivity index (χ4n) is 2.50. The Morgan fingerprint density at radius 2 is 2.08 bits per heavy atom. The lowest BCUT2D eigenvalue weighted by molar-refractivity contribution is -0.124. The Labute approximate surface area is 150 Å². The molecular formula is C16H20N8O2. The zero-order valence-corrected chi connectivity index (χ0v) is 14.6. The van der Waals surface area contributed by atoms with Crippen LogP contribution in [0.1, 0.15) is 32.1 Å². The van der Waals surface area contributed by atoms with Gasteiger partial charge in [-0.1, -0.05) is 6.92 Å². The molecule has 1 N–H and O–H groups in total. The minimum atomic E-state index is -0.216. The fourth-order valence-corrected chi connectivity index (χ4v) is 2.50. The van der Waals surface area contributed by atoms with E-state index in [4.69, 9.17) is 4.74 Å². The second kappa shape index (κ2) is 8.19. The van der Waals surface area contributed by atoms with Gasteiger partial charge < -0.3 is 10.1 Å². The maximum atomic E-state index is 12.2. The summed E-state index contributed by atoms with van der Waals surface area (Å²) in [5.74, 6) is 1.11. The number of rotatable bonds is 8. The molecule has 26 heavy (non-hydrogen) atoms. The first-order chi connectivity index (χ1) is 12.7. The Balaban J connectivity index is 1.55. The molecule has 3 aromatic rings. The third kappa shape index (κ3) is 4.02. The number of ether oxygens (including phenoxy) is 1. The van der Waals surface area contributed by atoms with Gasteiger partial charge in [0.05, 0.1) is 11.7 Å². The van der Waals surface area contributed by atoms with Crippen LogP contribution in [0.3, 0.4) is 0 Å². The summed E-state index contributed by atoms with van der Waals surface area (Å²) >= 11 is 0. The number of benzene rings is 1. The van der Waals surface area contributed by atoms with Crippen LogP contribution >= 0.6 is 0 Å². The van der Waals surface area contributed by atoms with Crippen molar-refractivity contribution in [3.63, 3.8) is 0 Å². The van der Waals surface area contributed by atoms with E-state index in [1.54, 1.807) is 16.8 Å². The zero-order chi connectivity index (χ0) is 18.4. The van der Waals surface area contributed by atoms with E-state index in [9.17, 15) is 4.79 Å². The van der Waals surface area contributed by atoms with E-state index in [1.165, 1.54) is 17.3 Å². The molecule has 0 aliphatic carbocycles. The number of aryl methyl sites for hydroxylation is 1. The summed E-state index contributed by atoms with van der Waals surface area (Å²) in [7, 11) is 0. The molecule has 0 aliphatic heterocycles. The molecule has 2 aromatic heterocycles. The molecule has 0 aliphatic rings. The lowest BCUT2D eigenvalue weighted by Gasteiger charge is -2.17. The van der Waals surface area contributed by atoms with E-state index in [2.05, 4.69) is 30.9 Å². The number of carbonyl (C=O) groups excluding carboxylic acids is 1. The molecule has 1 atom stereocenters. The minimum Gasteiger partial charge on any atom is -0.484 e. The molecule has 10 nitrogen and oxygen atoms in total. The smallest absolute Gasteiger partial charge is 0.258 e. The van der Waals surface area contributed by atoms with E-state index in [0.717, 1.165) is 11.5 Å². The van der Waals surface area contributed by atoms with Crippen LogP contribution in [-0.4, -0.2) is 47.5 Å². The predicted molar refractivity (Wildman–Crippen MR) is 91.5 cm³/mol. The van der Waals surface area contributed by atoms with Crippen molar-refractivity contribution in [1.29, 1.82) is 0 Å². The Morgan fingerprint density at radius 3 is 2.73 bits per heavy atom. The van der Waals surface area contributed by atoms with Crippen LogP contribution in [0.2, 0.25) is 0 Å². The van der Waals surface area contributed by atoms with E-state index in [1.807, 2.05) is 26.0 Å². The standard InChI is InChI=1S/C16H20N8O2/c1-3-14(16-17-10-19-23(16)4-2)20-15(25)9-26-13-7-5-12(6-8-13)24-11-18-21-22-24/h5-8,10-11,14H,3-4,9H2,1-2H3,(H,20,25)/t14-/m1/s1. The Hall–Kier alpha value is -3.30. The van der Waals surface area contributed by atoms with Gasteiger partial charge in [0.15, 0.2) is 6.61 Å². The number of nitrogens with one attached hydrogen (secondary N) is 1. The summed E-state index contributed by atoms with van der Waals surface area (Å²) in [5, 5.41) is 18.1. The van der Waals surface area contributed by atoms with Crippen molar-refractivity contribution in [3.05, 3.63) is 42.7 Å². The Bertz CT molecular complexity index is 828. The zero-order valence-electron chi connectivity index (χ0n) is 14.6. The SMILES string of the molecule is CC[C@@H](NC(=O)COc1ccc(-n2cnnn2)cc1)c1ncnn1CC. The summed E-state index contributed by atoms with van der Waals surface area (Å²) in [5.41, 5.74) is 0.803. The maximum Gasteiger partial charge on any atom is 0.258 e. The van der Waals surface area contributed by atoms with Crippen molar-refractivity contribution in [3.8, 4) is 11.4 Å². The lowest BCUT2D eigenvalue weighted by atomic mass is 10.2. The molecule has 0 spiro atoms. The molecule has 1 amide bonds. The van der Waals surface area contributed by atoms with Gasteiger partial charge in [-0.15, -0.1) is 5.10 Å². The quantitative estimate of drug-likeness (QED) is 0.638. The van der Waals surface area contributed by atoms with E-state index < -0.39 is 0 Å².